The molecule has 0 saturated carbocycles. The molecule has 41 heavy (non-hydrogen) atoms. The Hall–Kier alpha value is -3.67. The SMILES string of the molecule is CC(C)c1ccc(N2C[C@H](CS(C)(=O)=O)[C@H]2C)c2cnc(Nc3ccnc(-c4cnn5c4CCC5C(F)F)n3)cc12. The van der Waals surface area contributed by atoms with Crippen LogP contribution >= 0.6 is 0 Å². The zero-order valence-electron chi connectivity index (χ0n) is 23.4. The molecule has 1 N–H and O–H groups in total. The lowest BCUT2D eigenvalue weighted by Crippen LogP contribution is -2.57. The first-order valence-corrected chi connectivity index (χ1v) is 15.9. The Balaban J connectivity index is 1.29. The summed E-state index contributed by atoms with van der Waals surface area (Å²) in [5.74, 6) is 2.14. The van der Waals surface area contributed by atoms with E-state index in [4.69, 9.17) is 4.98 Å². The summed E-state index contributed by atoms with van der Waals surface area (Å²) < 4.78 is 51.8. The van der Waals surface area contributed by atoms with E-state index in [0.717, 1.165) is 22.2 Å². The molecule has 2 aliphatic heterocycles. The fourth-order valence-corrected chi connectivity index (χ4v) is 7.26. The minimum absolute atomic E-state index is 0.101. The van der Waals surface area contributed by atoms with Crippen molar-refractivity contribution in [1.82, 2.24) is 24.7 Å². The number of halogens is 2. The maximum absolute atomic E-state index is 13.4. The van der Waals surface area contributed by atoms with Crippen LogP contribution in [0, 0.1) is 5.92 Å². The van der Waals surface area contributed by atoms with Crippen LogP contribution in [0.2, 0.25) is 0 Å². The van der Waals surface area contributed by atoms with Gasteiger partial charge >= 0.3 is 0 Å². The van der Waals surface area contributed by atoms with Gasteiger partial charge in [-0.25, -0.2) is 32.2 Å². The van der Waals surface area contributed by atoms with Crippen LogP contribution in [0.15, 0.2) is 42.9 Å². The van der Waals surface area contributed by atoms with Gasteiger partial charge in [-0.05, 0) is 54.8 Å². The molecular weight excluding hydrogens is 548 g/mol. The van der Waals surface area contributed by atoms with Gasteiger partial charge in [0.1, 0.15) is 27.5 Å². The fourth-order valence-electron chi connectivity index (χ4n) is 6.09. The lowest BCUT2D eigenvalue weighted by atomic mass is 9.88. The second kappa shape index (κ2) is 10.3. The van der Waals surface area contributed by atoms with Gasteiger partial charge in [0.25, 0.3) is 6.43 Å². The number of anilines is 3. The van der Waals surface area contributed by atoms with Crippen LogP contribution in [0.3, 0.4) is 0 Å². The highest BCUT2D eigenvalue weighted by Gasteiger charge is 2.38. The largest absolute Gasteiger partial charge is 0.368 e. The van der Waals surface area contributed by atoms with Crippen molar-refractivity contribution in [2.45, 2.75) is 58.0 Å². The number of nitrogens with zero attached hydrogens (tertiary/aromatic N) is 6. The van der Waals surface area contributed by atoms with E-state index in [9.17, 15) is 17.2 Å². The van der Waals surface area contributed by atoms with Gasteiger partial charge in [0.2, 0.25) is 0 Å². The third-order valence-electron chi connectivity index (χ3n) is 8.30. The van der Waals surface area contributed by atoms with Crippen molar-refractivity contribution in [1.29, 1.82) is 0 Å². The van der Waals surface area contributed by atoms with Crippen LogP contribution in [-0.4, -0.2) is 64.2 Å². The molecule has 1 unspecified atom stereocenters. The van der Waals surface area contributed by atoms with Gasteiger partial charge in [-0.2, -0.15) is 5.10 Å². The molecule has 1 saturated heterocycles. The molecule has 4 aromatic rings. The maximum Gasteiger partial charge on any atom is 0.260 e. The summed E-state index contributed by atoms with van der Waals surface area (Å²) >= 11 is 0. The average Bonchev–Trinajstić information content (AvgIpc) is 3.52. The van der Waals surface area contributed by atoms with E-state index in [2.05, 4.69) is 58.2 Å². The molecule has 12 heteroatoms. The third kappa shape index (κ3) is 5.13. The van der Waals surface area contributed by atoms with E-state index >= 15 is 0 Å². The number of nitrogens with one attached hydrogen (secondary N) is 1. The topological polar surface area (TPSA) is 106 Å². The van der Waals surface area contributed by atoms with Gasteiger partial charge in [-0.1, -0.05) is 19.9 Å². The predicted octanol–water partition coefficient (Wildman–Crippen LogP) is 5.38. The second-order valence-electron chi connectivity index (χ2n) is 11.5. The quantitative estimate of drug-likeness (QED) is 0.296. The first-order chi connectivity index (χ1) is 19.5. The third-order valence-corrected chi connectivity index (χ3v) is 9.33. The Morgan fingerprint density at radius 3 is 2.61 bits per heavy atom. The van der Waals surface area contributed by atoms with E-state index in [1.54, 1.807) is 18.5 Å². The normalized spacial score (nSPS) is 20.6. The zero-order valence-corrected chi connectivity index (χ0v) is 24.2. The molecule has 2 aliphatic rings. The number of hydrogen-bond acceptors (Lipinski definition) is 8. The molecule has 0 radical (unpaired) electrons. The smallest absolute Gasteiger partial charge is 0.260 e. The van der Waals surface area contributed by atoms with E-state index in [-0.39, 0.29) is 23.6 Å². The zero-order chi connectivity index (χ0) is 29.1. The highest BCUT2D eigenvalue weighted by Crippen LogP contribution is 2.40. The Kier molecular flexibility index (Phi) is 6.91. The number of rotatable bonds is 8. The van der Waals surface area contributed by atoms with Gasteiger partial charge in [0.15, 0.2) is 5.82 Å². The van der Waals surface area contributed by atoms with E-state index < -0.39 is 22.3 Å². The van der Waals surface area contributed by atoms with Crippen molar-refractivity contribution < 1.29 is 17.2 Å². The predicted molar refractivity (Wildman–Crippen MR) is 156 cm³/mol. The van der Waals surface area contributed by atoms with Crippen LogP contribution in [0.1, 0.15) is 50.4 Å². The Labute approximate surface area is 237 Å². The minimum atomic E-state index is -3.04. The lowest BCUT2D eigenvalue weighted by Gasteiger charge is -2.48. The van der Waals surface area contributed by atoms with Crippen molar-refractivity contribution >= 4 is 37.9 Å². The number of benzene rings is 1. The molecule has 9 nitrogen and oxygen atoms in total. The van der Waals surface area contributed by atoms with Crippen LogP contribution in [-0.2, 0) is 16.3 Å². The molecule has 1 fully saturated rings. The summed E-state index contributed by atoms with van der Waals surface area (Å²) in [4.78, 5) is 16.0. The van der Waals surface area contributed by atoms with Gasteiger partial charge < -0.3 is 10.2 Å². The van der Waals surface area contributed by atoms with Gasteiger partial charge in [0.05, 0.1) is 23.2 Å². The highest BCUT2D eigenvalue weighted by molar-refractivity contribution is 7.90. The molecule has 6 rings (SSSR count). The van der Waals surface area contributed by atoms with Crippen LogP contribution in [0.4, 0.5) is 26.1 Å². The Morgan fingerprint density at radius 2 is 1.90 bits per heavy atom. The molecule has 216 valence electrons. The van der Waals surface area contributed by atoms with Crippen molar-refractivity contribution in [2.75, 3.05) is 28.8 Å². The van der Waals surface area contributed by atoms with Crippen molar-refractivity contribution in [3.63, 3.8) is 0 Å². The summed E-state index contributed by atoms with van der Waals surface area (Å²) in [6, 6.07) is 7.20. The van der Waals surface area contributed by atoms with E-state index in [1.165, 1.54) is 16.5 Å². The Morgan fingerprint density at radius 1 is 1.10 bits per heavy atom. The Bertz CT molecular complexity index is 1720. The van der Waals surface area contributed by atoms with Crippen molar-refractivity contribution in [2.24, 2.45) is 5.92 Å². The number of pyridine rings is 1. The fraction of sp³-hybridized carbons (Fsp3) is 0.448. The van der Waals surface area contributed by atoms with Crippen LogP contribution in [0.25, 0.3) is 22.2 Å². The summed E-state index contributed by atoms with van der Waals surface area (Å²) in [6.45, 7) is 7.05. The second-order valence-corrected chi connectivity index (χ2v) is 13.7. The molecule has 3 atom stereocenters. The van der Waals surface area contributed by atoms with Gasteiger partial charge in [-0.3, -0.25) is 4.68 Å². The van der Waals surface area contributed by atoms with Crippen molar-refractivity contribution in [3.05, 3.63) is 54.1 Å². The maximum atomic E-state index is 13.4. The number of aromatic nitrogens is 5. The molecule has 0 amide bonds. The number of hydrogen-bond donors (Lipinski definition) is 1. The monoisotopic (exact) mass is 581 g/mol. The van der Waals surface area contributed by atoms with Gasteiger partial charge in [0, 0.05) is 48.2 Å². The number of alkyl halides is 2. The summed E-state index contributed by atoms with van der Waals surface area (Å²) in [6.07, 6.45) is 4.72. The summed E-state index contributed by atoms with van der Waals surface area (Å²) in [5.41, 5.74) is 3.61. The highest BCUT2D eigenvalue weighted by atomic mass is 32.2. The molecule has 0 bridgehead atoms. The number of fused-ring (bicyclic) bond motifs is 2. The molecule has 3 aromatic heterocycles. The molecule has 0 spiro atoms. The van der Waals surface area contributed by atoms with Gasteiger partial charge in [-0.15, -0.1) is 0 Å². The summed E-state index contributed by atoms with van der Waals surface area (Å²) in [5, 5.41) is 9.57. The molecule has 0 aliphatic carbocycles. The standard InChI is InChI=1S/C29H33F2N7O2S/c1-16(2)19-5-6-23(37-14-18(17(37)3)15-41(4,39)40)21-12-33-27(11-20(19)21)35-26-9-10-32-29(36-26)22-13-34-38-24(22)7-8-25(38)28(30)31/h5-6,9-13,16-18,25,28H,7-8,14-15H2,1-4H3,(H,32,33,35,36)/t17-,18-,25?/m1/s1. The van der Waals surface area contributed by atoms with E-state index in [0.29, 0.717) is 42.4 Å². The van der Waals surface area contributed by atoms with Crippen molar-refractivity contribution in [3.8, 4) is 11.4 Å². The molecule has 1 aromatic carbocycles. The summed E-state index contributed by atoms with van der Waals surface area (Å²) in [7, 11) is -3.04. The van der Waals surface area contributed by atoms with Crippen LogP contribution in [0.5, 0.6) is 0 Å². The average molecular weight is 582 g/mol. The lowest BCUT2D eigenvalue weighted by molar-refractivity contribution is 0.0808. The van der Waals surface area contributed by atoms with Crippen LogP contribution < -0.4 is 10.2 Å². The molecule has 5 heterocycles. The first kappa shape index (κ1) is 27.5. The molecular formula is C29H33F2N7O2S. The first-order valence-electron chi connectivity index (χ1n) is 13.8. The minimum Gasteiger partial charge on any atom is -0.368 e. The number of sulfone groups is 1. The van der Waals surface area contributed by atoms with E-state index in [1.807, 2.05) is 12.3 Å².